The highest BCUT2D eigenvalue weighted by molar-refractivity contribution is 7.13. The van der Waals surface area contributed by atoms with E-state index in [-0.39, 0.29) is 0 Å². The molecule has 2 bridgehead atoms. The molecule has 2 saturated heterocycles. The summed E-state index contributed by atoms with van der Waals surface area (Å²) in [6, 6.07) is 5.70. The molecule has 3 atom stereocenters. The highest BCUT2D eigenvalue weighted by Gasteiger charge is 2.41. The molecule has 0 spiro atoms. The van der Waals surface area contributed by atoms with Crippen molar-refractivity contribution >= 4 is 9.39 Å². The fraction of sp³-hybridized carbons (Fsp3) is 0.545. The van der Waals surface area contributed by atoms with Crippen molar-refractivity contribution in [2.45, 2.75) is 25.0 Å². The van der Waals surface area contributed by atoms with E-state index in [0.29, 0.717) is 0 Å². The molecule has 3 heterocycles. The summed E-state index contributed by atoms with van der Waals surface area (Å²) in [6.45, 7) is 3.48. The summed E-state index contributed by atoms with van der Waals surface area (Å²) in [5.41, 5.74) is 1.33. The maximum Gasteiger partial charge on any atom is 0.0312 e. The van der Waals surface area contributed by atoms with E-state index in [2.05, 4.69) is 30.0 Å². The molecule has 2 aliphatic rings. The molecule has 0 saturated carbocycles. The number of pyridine rings is 1. The van der Waals surface area contributed by atoms with Crippen LogP contribution in [0, 0.1) is 0 Å². The van der Waals surface area contributed by atoms with Gasteiger partial charge in [-0.15, -0.1) is 0 Å². The van der Waals surface area contributed by atoms with E-state index in [4.69, 9.17) is 0 Å². The second-order valence-electron chi connectivity index (χ2n) is 4.53. The van der Waals surface area contributed by atoms with Crippen molar-refractivity contribution in [3.05, 3.63) is 30.1 Å². The minimum absolute atomic E-state index is 0.757. The number of piperazine rings is 1. The zero-order valence-corrected chi connectivity index (χ0v) is 9.87. The van der Waals surface area contributed by atoms with Crippen molar-refractivity contribution in [2.75, 3.05) is 13.1 Å². The lowest BCUT2D eigenvalue weighted by atomic mass is 10.2. The Balaban J connectivity index is 1.67. The molecule has 2 aliphatic heterocycles. The van der Waals surface area contributed by atoms with E-state index in [1.165, 1.54) is 25.1 Å². The topological polar surface area (TPSA) is 19.4 Å². The Labute approximate surface area is 92.7 Å². The van der Waals surface area contributed by atoms with Crippen molar-refractivity contribution in [3.8, 4) is 0 Å². The highest BCUT2D eigenvalue weighted by atomic mass is 31.0. The largest absolute Gasteiger partial charge is 0.293 e. The Bertz CT molecular complexity index is 341. The summed E-state index contributed by atoms with van der Waals surface area (Å²) in [5.74, 6) is 0. The number of hydrogen-bond acceptors (Lipinski definition) is 3. The monoisotopic (exact) mass is 221 g/mol. The van der Waals surface area contributed by atoms with Gasteiger partial charge in [-0.3, -0.25) is 14.6 Å². The molecular formula is C11H16N3P. The van der Waals surface area contributed by atoms with Gasteiger partial charge in [0.2, 0.25) is 0 Å². The Morgan fingerprint density at radius 3 is 2.93 bits per heavy atom. The second kappa shape index (κ2) is 3.82. The molecule has 4 heteroatoms. The number of nitrogens with zero attached hydrogens (tertiary/aromatic N) is 3. The van der Waals surface area contributed by atoms with Crippen LogP contribution in [-0.4, -0.2) is 39.7 Å². The van der Waals surface area contributed by atoms with Gasteiger partial charge in [0.1, 0.15) is 0 Å². The van der Waals surface area contributed by atoms with E-state index in [9.17, 15) is 0 Å². The average Bonchev–Trinajstić information content (AvgIpc) is 2.78. The van der Waals surface area contributed by atoms with Gasteiger partial charge in [0.05, 0.1) is 0 Å². The molecule has 80 valence electrons. The molecule has 3 rings (SSSR count). The van der Waals surface area contributed by atoms with Crippen molar-refractivity contribution in [3.63, 3.8) is 0 Å². The smallest absolute Gasteiger partial charge is 0.0312 e. The van der Waals surface area contributed by atoms with Crippen LogP contribution in [-0.2, 0) is 6.54 Å². The third kappa shape index (κ3) is 1.80. The minimum atomic E-state index is 0.757. The summed E-state index contributed by atoms with van der Waals surface area (Å²) in [6.07, 6.45) is 5.15. The van der Waals surface area contributed by atoms with Crippen LogP contribution in [0.25, 0.3) is 0 Å². The Morgan fingerprint density at radius 1 is 1.40 bits per heavy atom. The predicted octanol–water partition coefficient (Wildman–Crippen LogP) is 1.13. The third-order valence-corrected chi connectivity index (χ3v) is 4.14. The lowest BCUT2D eigenvalue weighted by Gasteiger charge is -2.31. The molecule has 0 radical (unpaired) electrons. The van der Waals surface area contributed by atoms with Crippen LogP contribution in [0.1, 0.15) is 12.0 Å². The Kier molecular flexibility index (Phi) is 2.47. The van der Waals surface area contributed by atoms with Gasteiger partial charge in [0, 0.05) is 44.1 Å². The van der Waals surface area contributed by atoms with Crippen LogP contribution in [0.15, 0.2) is 24.5 Å². The van der Waals surface area contributed by atoms with Gasteiger partial charge >= 0.3 is 0 Å². The quantitative estimate of drug-likeness (QED) is 0.698. The number of hydrogen-bond donors (Lipinski definition) is 0. The fourth-order valence-electron chi connectivity index (χ4n) is 2.70. The summed E-state index contributed by atoms with van der Waals surface area (Å²) in [4.78, 5) is 6.75. The molecule has 1 aromatic heterocycles. The first-order valence-corrected chi connectivity index (χ1v) is 5.99. The molecule has 1 aromatic rings. The lowest BCUT2D eigenvalue weighted by Crippen LogP contribution is -2.41. The molecule has 2 fully saturated rings. The van der Waals surface area contributed by atoms with Crippen LogP contribution >= 0.6 is 9.39 Å². The van der Waals surface area contributed by atoms with Gasteiger partial charge in [-0.1, -0.05) is 15.5 Å². The number of fused-ring (bicyclic) bond motifs is 2. The standard InChI is InChI=1S/C11H16N3P/c15-14-8-10-4-11(14)7-13(10)6-9-2-1-3-12-5-9/h1-3,5,10-11H,4,6-8,15H2. The predicted molar refractivity (Wildman–Crippen MR) is 63.3 cm³/mol. The van der Waals surface area contributed by atoms with Crippen molar-refractivity contribution in [1.82, 2.24) is 14.6 Å². The summed E-state index contributed by atoms with van der Waals surface area (Å²) >= 11 is 0. The van der Waals surface area contributed by atoms with Crippen LogP contribution in [0.5, 0.6) is 0 Å². The molecule has 0 amide bonds. The van der Waals surface area contributed by atoms with Gasteiger partial charge in [0.25, 0.3) is 0 Å². The highest BCUT2D eigenvalue weighted by Crippen LogP contribution is 2.33. The van der Waals surface area contributed by atoms with Crippen molar-refractivity contribution in [1.29, 1.82) is 0 Å². The second-order valence-corrected chi connectivity index (χ2v) is 5.19. The minimum Gasteiger partial charge on any atom is -0.293 e. The van der Waals surface area contributed by atoms with Crippen molar-refractivity contribution < 1.29 is 0 Å². The van der Waals surface area contributed by atoms with E-state index >= 15 is 0 Å². The maximum absolute atomic E-state index is 4.16. The van der Waals surface area contributed by atoms with Crippen LogP contribution < -0.4 is 0 Å². The molecule has 3 unspecified atom stereocenters. The van der Waals surface area contributed by atoms with Gasteiger partial charge in [-0.2, -0.15) is 0 Å². The normalized spacial score (nSPS) is 31.3. The van der Waals surface area contributed by atoms with E-state index in [1.807, 2.05) is 18.5 Å². The first-order valence-electron chi connectivity index (χ1n) is 5.47. The summed E-state index contributed by atoms with van der Waals surface area (Å²) in [7, 11) is 2.85. The number of aromatic nitrogens is 1. The third-order valence-electron chi connectivity index (χ3n) is 3.50. The molecular weight excluding hydrogens is 205 g/mol. The molecule has 0 N–H and O–H groups in total. The van der Waals surface area contributed by atoms with Crippen molar-refractivity contribution in [2.24, 2.45) is 0 Å². The molecule has 3 nitrogen and oxygen atoms in total. The fourth-order valence-corrected chi connectivity index (χ4v) is 3.16. The summed E-state index contributed by atoms with van der Waals surface area (Å²) < 4.78 is 2.41. The number of likely N-dealkylation sites (tertiary alicyclic amines) is 1. The van der Waals surface area contributed by atoms with Gasteiger partial charge in [-0.25, -0.2) is 0 Å². The number of rotatable bonds is 2. The molecule has 0 aromatic carbocycles. The van der Waals surface area contributed by atoms with E-state index < -0.39 is 0 Å². The zero-order chi connectivity index (χ0) is 10.3. The summed E-state index contributed by atoms with van der Waals surface area (Å²) in [5, 5.41) is 0. The average molecular weight is 221 g/mol. The zero-order valence-electron chi connectivity index (χ0n) is 8.71. The van der Waals surface area contributed by atoms with E-state index in [0.717, 1.165) is 18.6 Å². The van der Waals surface area contributed by atoms with Gasteiger partial charge in [0.15, 0.2) is 0 Å². The van der Waals surface area contributed by atoms with E-state index in [1.54, 1.807) is 0 Å². The van der Waals surface area contributed by atoms with Crippen LogP contribution in [0.2, 0.25) is 0 Å². The first-order chi connectivity index (χ1) is 7.33. The van der Waals surface area contributed by atoms with Gasteiger partial charge in [-0.05, 0) is 18.1 Å². The first kappa shape index (κ1) is 9.71. The van der Waals surface area contributed by atoms with Crippen LogP contribution in [0.4, 0.5) is 0 Å². The Hall–Kier alpha value is -0.500. The Morgan fingerprint density at radius 2 is 2.33 bits per heavy atom. The molecule has 15 heavy (non-hydrogen) atoms. The maximum atomic E-state index is 4.16. The molecule has 0 aliphatic carbocycles. The lowest BCUT2D eigenvalue weighted by molar-refractivity contribution is 0.181. The SMILES string of the molecule is PN1CC2CC1CN2Cc1cccnc1. The van der Waals surface area contributed by atoms with Gasteiger partial charge < -0.3 is 0 Å². The van der Waals surface area contributed by atoms with Crippen LogP contribution in [0.3, 0.4) is 0 Å².